The molecule has 3 rings (SSSR count). The molecule has 0 heterocycles. The highest BCUT2D eigenvalue weighted by Crippen LogP contribution is 2.44. The number of methoxy groups -OCH3 is 1. The number of carbonyl (C=O) groups is 4. The second-order valence-electron chi connectivity index (χ2n) is 8.09. The van der Waals surface area contributed by atoms with Crippen LogP contribution in [-0.4, -0.2) is 43.6 Å². The second-order valence-corrected chi connectivity index (χ2v) is 8.09. The van der Waals surface area contributed by atoms with Gasteiger partial charge in [0.2, 0.25) is 0 Å². The summed E-state index contributed by atoms with van der Waals surface area (Å²) in [6.45, 7) is 3.79. The minimum atomic E-state index is -1.11. The topological polar surface area (TPSA) is 123 Å². The maximum absolute atomic E-state index is 12.5. The van der Waals surface area contributed by atoms with Crippen LogP contribution in [0.2, 0.25) is 0 Å². The molecule has 0 aromatic heterocycles. The third-order valence-corrected chi connectivity index (χ3v) is 5.33. The maximum Gasteiger partial charge on any atom is 0.426 e. The number of nitrogens with one attached hydrogen (secondary N) is 3. The van der Waals surface area contributed by atoms with Gasteiger partial charge < -0.3 is 14.8 Å². The SMILES string of the molecule is COC(=O)C(=O)N[C@H](CC(C)C)C(=O)NNC(=O)OCC1c2ccccc2-c2ccccc21. The number of rotatable bonds is 6. The van der Waals surface area contributed by atoms with Crippen LogP contribution >= 0.6 is 0 Å². The molecule has 174 valence electrons. The second kappa shape index (κ2) is 10.6. The van der Waals surface area contributed by atoms with Gasteiger partial charge in [-0.2, -0.15) is 0 Å². The molecule has 33 heavy (non-hydrogen) atoms. The van der Waals surface area contributed by atoms with Gasteiger partial charge in [0.05, 0.1) is 7.11 Å². The smallest absolute Gasteiger partial charge is 0.426 e. The maximum atomic E-state index is 12.5. The molecule has 0 unspecified atom stereocenters. The van der Waals surface area contributed by atoms with Gasteiger partial charge in [0.15, 0.2) is 0 Å². The van der Waals surface area contributed by atoms with Crippen LogP contribution in [0.25, 0.3) is 11.1 Å². The Morgan fingerprint density at radius 3 is 2.03 bits per heavy atom. The van der Waals surface area contributed by atoms with Crippen molar-refractivity contribution in [3.05, 3.63) is 59.7 Å². The lowest BCUT2D eigenvalue weighted by atomic mass is 9.98. The van der Waals surface area contributed by atoms with E-state index in [1.54, 1.807) is 0 Å². The third-order valence-electron chi connectivity index (χ3n) is 5.33. The van der Waals surface area contributed by atoms with Crippen LogP contribution in [0, 0.1) is 5.92 Å². The van der Waals surface area contributed by atoms with Crippen LogP contribution in [0.1, 0.15) is 37.3 Å². The molecule has 9 heteroatoms. The van der Waals surface area contributed by atoms with Gasteiger partial charge in [0, 0.05) is 5.92 Å². The van der Waals surface area contributed by atoms with Crippen molar-refractivity contribution < 1.29 is 28.7 Å². The Kier molecular flexibility index (Phi) is 7.66. The number of ether oxygens (including phenoxy) is 2. The van der Waals surface area contributed by atoms with E-state index in [1.807, 2.05) is 62.4 Å². The Hall–Kier alpha value is -3.88. The van der Waals surface area contributed by atoms with Crippen molar-refractivity contribution in [1.29, 1.82) is 0 Å². The summed E-state index contributed by atoms with van der Waals surface area (Å²) < 4.78 is 9.72. The van der Waals surface area contributed by atoms with Gasteiger partial charge in [-0.1, -0.05) is 62.4 Å². The van der Waals surface area contributed by atoms with Crippen molar-refractivity contribution in [1.82, 2.24) is 16.2 Å². The zero-order valence-corrected chi connectivity index (χ0v) is 18.7. The summed E-state index contributed by atoms with van der Waals surface area (Å²) in [5, 5.41) is 2.30. The van der Waals surface area contributed by atoms with E-state index in [0.717, 1.165) is 29.4 Å². The summed E-state index contributed by atoms with van der Waals surface area (Å²) in [6.07, 6.45) is -0.589. The average molecular weight is 453 g/mol. The van der Waals surface area contributed by atoms with Crippen molar-refractivity contribution in [2.24, 2.45) is 5.92 Å². The summed E-state index contributed by atoms with van der Waals surface area (Å²) in [5.74, 6) is -2.92. The first-order valence-corrected chi connectivity index (χ1v) is 10.6. The van der Waals surface area contributed by atoms with E-state index in [4.69, 9.17) is 4.74 Å². The zero-order chi connectivity index (χ0) is 24.0. The van der Waals surface area contributed by atoms with Gasteiger partial charge in [-0.15, -0.1) is 0 Å². The molecule has 0 radical (unpaired) electrons. The summed E-state index contributed by atoms with van der Waals surface area (Å²) in [4.78, 5) is 47.8. The summed E-state index contributed by atoms with van der Waals surface area (Å²) in [6, 6.07) is 14.8. The molecule has 3 amide bonds. The molecule has 1 aliphatic rings. The highest BCUT2D eigenvalue weighted by molar-refractivity contribution is 6.32. The number of carbonyl (C=O) groups excluding carboxylic acids is 4. The number of benzene rings is 2. The van der Waals surface area contributed by atoms with E-state index in [-0.39, 0.29) is 24.9 Å². The fourth-order valence-corrected chi connectivity index (χ4v) is 3.85. The molecule has 2 aromatic carbocycles. The highest BCUT2D eigenvalue weighted by atomic mass is 16.6. The number of hydrogen-bond acceptors (Lipinski definition) is 6. The Morgan fingerprint density at radius 1 is 0.909 bits per heavy atom. The van der Waals surface area contributed by atoms with Gasteiger partial charge >= 0.3 is 18.0 Å². The van der Waals surface area contributed by atoms with E-state index in [0.29, 0.717) is 0 Å². The fourth-order valence-electron chi connectivity index (χ4n) is 3.85. The first kappa shape index (κ1) is 23.8. The first-order valence-electron chi connectivity index (χ1n) is 10.6. The van der Waals surface area contributed by atoms with E-state index >= 15 is 0 Å². The number of fused-ring (bicyclic) bond motifs is 3. The third kappa shape index (κ3) is 5.68. The summed E-state index contributed by atoms with van der Waals surface area (Å²) >= 11 is 0. The molecule has 0 fully saturated rings. The van der Waals surface area contributed by atoms with Gasteiger partial charge in [-0.3, -0.25) is 15.0 Å². The lowest BCUT2D eigenvalue weighted by Crippen LogP contribution is -2.54. The minimum absolute atomic E-state index is 0.0353. The largest absolute Gasteiger partial charge is 0.462 e. The van der Waals surface area contributed by atoms with Crippen molar-refractivity contribution in [3.8, 4) is 11.1 Å². The minimum Gasteiger partial charge on any atom is -0.462 e. The van der Waals surface area contributed by atoms with Gasteiger partial charge in [-0.05, 0) is 34.6 Å². The monoisotopic (exact) mass is 453 g/mol. The van der Waals surface area contributed by atoms with Crippen molar-refractivity contribution >= 4 is 23.9 Å². The molecule has 1 atom stereocenters. The van der Waals surface area contributed by atoms with E-state index in [9.17, 15) is 19.2 Å². The van der Waals surface area contributed by atoms with Crippen LogP contribution in [0.4, 0.5) is 4.79 Å². The van der Waals surface area contributed by atoms with Crippen LogP contribution in [0.3, 0.4) is 0 Å². The predicted octanol–water partition coefficient (Wildman–Crippen LogP) is 2.26. The number of hydrazine groups is 1. The molecule has 3 N–H and O–H groups in total. The van der Waals surface area contributed by atoms with Crippen LogP contribution in [-0.2, 0) is 23.9 Å². The molecule has 9 nitrogen and oxygen atoms in total. The van der Waals surface area contributed by atoms with Crippen molar-refractivity contribution in [3.63, 3.8) is 0 Å². The zero-order valence-electron chi connectivity index (χ0n) is 18.7. The van der Waals surface area contributed by atoms with Gasteiger partial charge in [0.25, 0.3) is 5.91 Å². The number of esters is 1. The molecule has 0 aliphatic heterocycles. The van der Waals surface area contributed by atoms with Crippen molar-refractivity contribution in [2.45, 2.75) is 32.2 Å². The molecule has 2 aromatic rings. The molecular weight excluding hydrogens is 426 g/mol. The van der Waals surface area contributed by atoms with E-state index < -0.39 is 29.9 Å². The Labute approximate surface area is 191 Å². The summed E-state index contributed by atoms with van der Waals surface area (Å²) in [7, 11) is 1.07. The predicted molar refractivity (Wildman–Crippen MR) is 120 cm³/mol. The average Bonchev–Trinajstić information content (AvgIpc) is 3.13. The molecular formula is C24H27N3O6. The van der Waals surface area contributed by atoms with Crippen LogP contribution < -0.4 is 16.2 Å². The number of amides is 3. The standard InChI is InChI=1S/C24H27N3O6/c1-14(2)12-20(25-22(29)23(30)32-3)21(28)26-27-24(31)33-13-19-17-10-6-4-8-15(17)16-9-5-7-11-18(16)19/h4-11,14,19-20H,12-13H2,1-3H3,(H,25,29)(H,26,28)(H,27,31)/t20-/m1/s1. The van der Waals surface area contributed by atoms with Crippen LogP contribution in [0.5, 0.6) is 0 Å². The van der Waals surface area contributed by atoms with Crippen molar-refractivity contribution in [2.75, 3.05) is 13.7 Å². The Morgan fingerprint density at radius 2 is 1.48 bits per heavy atom. The highest BCUT2D eigenvalue weighted by Gasteiger charge is 2.29. The van der Waals surface area contributed by atoms with Gasteiger partial charge in [-0.25, -0.2) is 15.0 Å². The molecule has 0 bridgehead atoms. The lowest BCUT2D eigenvalue weighted by Gasteiger charge is -2.20. The fraction of sp³-hybridized carbons (Fsp3) is 0.333. The molecule has 0 spiro atoms. The Bertz CT molecular complexity index is 1010. The first-order chi connectivity index (χ1) is 15.8. The quantitative estimate of drug-likeness (QED) is 0.350. The van der Waals surface area contributed by atoms with Gasteiger partial charge in [0.1, 0.15) is 12.6 Å². The lowest BCUT2D eigenvalue weighted by molar-refractivity contribution is -0.153. The summed E-state index contributed by atoms with van der Waals surface area (Å²) in [5.41, 5.74) is 8.77. The molecule has 0 saturated carbocycles. The van der Waals surface area contributed by atoms with Crippen LogP contribution in [0.15, 0.2) is 48.5 Å². The normalized spacial score (nSPS) is 12.8. The molecule has 0 saturated heterocycles. The molecule has 1 aliphatic carbocycles. The number of hydrogen-bond donors (Lipinski definition) is 3. The Balaban J connectivity index is 1.57. The van der Waals surface area contributed by atoms with E-state index in [1.165, 1.54) is 0 Å². The van der Waals surface area contributed by atoms with E-state index in [2.05, 4.69) is 20.9 Å².